The number of carbonyl (C=O) groups is 3. The lowest BCUT2D eigenvalue weighted by Gasteiger charge is -2.34. The molecule has 0 bridgehead atoms. The molecule has 0 spiro atoms. The second kappa shape index (κ2) is 19.7. The minimum Gasteiger partial charge on any atom is -0.508 e. The van der Waals surface area contributed by atoms with Crippen LogP contribution in [-0.2, 0) is 17.8 Å². The molecule has 1 fully saturated rings. The highest BCUT2D eigenvalue weighted by molar-refractivity contribution is 6.43. The van der Waals surface area contributed by atoms with E-state index in [2.05, 4.69) is 30.7 Å². The summed E-state index contributed by atoms with van der Waals surface area (Å²) in [6, 6.07) is 19.6. The molecule has 17 nitrogen and oxygen atoms in total. The van der Waals surface area contributed by atoms with Crippen LogP contribution in [0.15, 0.2) is 90.0 Å². The summed E-state index contributed by atoms with van der Waals surface area (Å²) in [4.78, 5) is 60.8. The van der Waals surface area contributed by atoms with Crippen LogP contribution < -0.4 is 21.1 Å². The monoisotopic (exact) mass is 834 g/mol. The number of aromatic amines is 1. The molecule has 18 heteroatoms. The lowest BCUT2D eigenvalue weighted by Crippen LogP contribution is -2.55. The van der Waals surface area contributed by atoms with E-state index in [9.17, 15) is 39.4 Å². The number of H-pyrrole nitrogens is 1. The first-order chi connectivity index (χ1) is 29.2. The number of pyridine rings is 1. The number of nitrogens with zero attached hydrogens (tertiary/aromatic N) is 5. The van der Waals surface area contributed by atoms with E-state index in [-0.39, 0.29) is 46.9 Å². The van der Waals surface area contributed by atoms with Crippen molar-refractivity contribution in [2.24, 2.45) is 5.92 Å². The minimum atomic E-state index is -1.79. The van der Waals surface area contributed by atoms with Gasteiger partial charge in [-0.2, -0.15) is 5.10 Å². The van der Waals surface area contributed by atoms with Crippen LogP contribution in [0.1, 0.15) is 67.1 Å². The van der Waals surface area contributed by atoms with Gasteiger partial charge < -0.3 is 40.5 Å². The van der Waals surface area contributed by atoms with E-state index in [1.807, 2.05) is 70.2 Å². The summed E-state index contributed by atoms with van der Waals surface area (Å²) in [6.45, 7) is 10.0. The van der Waals surface area contributed by atoms with Crippen molar-refractivity contribution in [2.75, 3.05) is 26.2 Å². The maximum Gasteiger partial charge on any atom is 0.475 e. The Hall–Kier alpha value is -6.50. The molecule has 3 aromatic carbocycles. The fraction of sp³-hybridized carbons (Fsp3) is 0.349. The van der Waals surface area contributed by atoms with Crippen molar-refractivity contribution in [3.8, 4) is 34.3 Å². The molecule has 0 aliphatic carbocycles. The third kappa shape index (κ3) is 11.2. The molecule has 0 saturated carbocycles. The zero-order chi connectivity index (χ0) is 43.8. The van der Waals surface area contributed by atoms with Gasteiger partial charge in [0.05, 0.1) is 29.0 Å². The number of rotatable bonds is 15. The third-order valence-corrected chi connectivity index (χ3v) is 10.4. The number of ether oxygens (including phenoxy) is 1. The van der Waals surface area contributed by atoms with Crippen molar-refractivity contribution in [3.63, 3.8) is 0 Å². The number of piperazine rings is 1. The molecule has 320 valence electrons. The predicted octanol–water partition coefficient (Wildman–Crippen LogP) is 3.36. The number of phenols is 2. The Bertz CT molecular complexity index is 2360. The van der Waals surface area contributed by atoms with Crippen molar-refractivity contribution in [3.05, 3.63) is 118 Å². The summed E-state index contributed by atoms with van der Waals surface area (Å²) >= 11 is 0. The van der Waals surface area contributed by atoms with Crippen LogP contribution in [0.3, 0.4) is 0 Å². The van der Waals surface area contributed by atoms with E-state index in [1.54, 1.807) is 23.1 Å². The van der Waals surface area contributed by atoms with Gasteiger partial charge in [-0.3, -0.25) is 19.5 Å². The van der Waals surface area contributed by atoms with Gasteiger partial charge in [0.2, 0.25) is 5.91 Å². The highest BCUT2D eigenvalue weighted by Gasteiger charge is 2.31. The molecule has 1 aliphatic heterocycles. The normalized spacial score (nSPS) is 14.1. The number of phenolic OH excluding ortho intramolecular Hbond substituents is 2. The maximum atomic E-state index is 13.5. The standard InChI is InChI=1S/C43H51BN8O9/c1-26(2)18-38(44(59)60)47-41(56)35(19-28-8-6-5-7-9-28)46-40(55)30-20-32(24-45-23-30)61-43(58)51-16-14-50(15-17-51)25-29-10-12-31(13-11-29)52-39(48-49-42(52)57)34-21-33(27(3)4)36(53)22-37(34)54/h5-13,20-24,26-27,35,38,53-54,59-60H,14-19,25H2,1-4H3,(H,46,55)(H,47,56)(H,49,57). The first kappa shape index (κ1) is 44.1. The predicted molar refractivity (Wildman–Crippen MR) is 227 cm³/mol. The second-order valence-electron chi connectivity index (χ2n) is 15.9. The van der Waals surface area contributed by atoms with Crippen LogP contribution in [0.2, 0.25) is 0 Å². The van der Waals surface area contributed by atoms with Crippen molar-refractivity contribution < 1.29 is 39.4 Å². The average Bonchev–Trinajstić information content (AvgIpc) is 3.61. The quantitative estimate of drug-likeness (QED) is 0.0753. The van der Waals surface area contributed by atoms with Crippen LogP contribution in [-0.4, -0.2) is 113 Å². The first-order valence-electron chi connectivity index (χ1n) is 20.1. The Morgan fingerprint density at radius 3 is 2.23 bits per heavy atom. The Kier molecular flexibility index (Phi) is 14.2. The van der Waals surface area contributed by atoms with Crippen LogP contribution in [0, 0.1) is 5.92 Å². The topological polar surface area (TPSA) is 235 Å². The molecule has 5 aromatic rings. The number of amides is 3. The van der Waals surface area contributed by atoms with E-state index in [4.69, 9.17) is 4.74 Å². The summed E-state index contributed by atoms with van der Waals surface area (Å²) < 4.78 is 6.98. The summed E-state index contributed by atoms with van der Waals surface area (Å²) in [5, 5.41) is 52.7. The molecule has 1 aliphatic rings. The van der Waals surface area contributed by atoms with Gasteiger partial charge in [0.25, 0.3) is 5.91 Å². The molecular formula is C43H51BN8O9. The van der Waals surface area contributed by atoms with E-state index in [0.29, 0.717) is 56.0 Å². The molecule has 2 aromatic heterocycles. The Morgan fingerprint density at radius 1 is 0.869 bits per heavy atom. The molecule has 2 atom stereocenters. The van der Waals surface area contributed by atoms with Crippen molar-refractivity contribution in [2.45, 2.75) is 65.0 Å². The summed E-state index contributed by atoms with van der Waals surface area (Å²) in [6.07, 6.45) is 2.45. The molecule has 61 heavy (non-hydrogen) atoms. The van der Waals surface area contributed by atoms with Crippen LogP contribution in [0.4, 0.5) is 4.79 Å². The van der Waals surface area contributed by atoms with Crippen molar-refractivity contribution in [1.29, 1.82) is 0 Å². The summed E-state index contributed by atoms with van der Waals surface area (Å²) in [5.41, 5.74) is 2.76. The van der Waals surface area contributed by atoms with Crippen molar-refractivity contribution in [1.82, 2.24) is 40.2 Å². The molecule has 3 heterocycles. The number of benzene rings is 3. The van der Waals surface area contributed by atoms with Gasteiger partial charge in [0, 0.05) is 51.4 Å². The largest absolute Gasteiger partial charge is 0.508 e. The fourth-order valence-electron chi connectivity index (χ4n) is 7.16. The molecule has 3 amide bonds. The van der Waals surface area contributed by atoms with Gasteiger partial charge in [0.1, 0.15) is 17.5 Å². The van der Waals surface area contributed by atoms with E-state index >= 15 is 0 Å². The van der Waals surface area contributed by atoms with E-state index < -0.39 is 42.7 Å². The highest BCUT2D eigenvalue weighted by atomic mass is 16.6. The molecule has 7 N–H and O–H groups in total. The average molecular weight is 835 g/mol. The van der Waals surface area contributed by atoms with Crippen LogP contribution in [0.25, 0.3) is 17.1 Å². The van der Waals surface area contributed by atoms with Crippen LogP contribution >= 0.6 is 0 Å². The van der Waals surface area contributed by atoms with Gasteiger partial charge in [-0.05, 0) is 59.2 Å². The number of carbonyl (C=O) groups excluding carboxylic acids is 3. The Balaban J connectivity index is 1.04. The van der Waals surface area contributed by atoms with Gasteiger partial charge in [-0.25, -0.2) is 19.3 Å². The smallest absolute Gasteiger partial charge is 0.475 e. The van der Waals surface area contributed by atoms with E-state index in [1.165, 1.54) is 29.1 Å². The molecule has 2 unspecified atom stereocenters. The molecule has 0 radical (unpaired) electrons. The zero-order valence-electron chi connectivity index (χ0n) is 34.5. The van der Waals surface area contributed by atoms with Gasteiger partial charge >= 0.3 is 18.9 Å². The lowest BCUT2D eigenvalue weighted by molar-refractivity contribution is -0.123. The summed E-state index contributed by atoms with van der Waals surface area (Å²) in [5.74, 6) is -2.13. The highest BCUT2D eigenvalue weighted by Crippen LogP contribution is 2.37. The minimum absolute atomic E-state index is 0.0342. The number of hydrogen-bond acceptors (Lipinski definition) is 12. The van der Waals surface area contributed by atoms with Gasteiger partial charge in [-0.1, -0.05) is 70.2 Å². The zero-order valence-corrected chi connectivity index (χ0v) is 34.5. The maximum absolute atomic E-state index is 13.5. The number of hydrogen-bond donors (Lipinski definition) is 7. The first-order valence-corrected chi connectivity index (χ1v) is 20.1. The van der Waals surface area contributed by atoms with Crippen molar-refractivity contribution >= 4 is 25.0 Å². The lowest BCUT2D eigenvalue weighted by atomic mass is 9.75. The van der Waals surface area contributed by atoms with Crippen LogP contribution in [0.5, 0.6) is 17.2 Å². The fourth-order valence-corrected chi connectivity index (χ4v) is 7.16. The summed E-state index contributed by atoms with van der Waals surface area (Å²) in [7, 11) is -1.79. The number of nitrogens with one attached hydrogen (secondary N) is 3. The SMILES string of the molecule is CC(C)CC(NC(=O)C(Cc1ccccc1)NC(=O)c1cncc(OC(=O)N2CCN(Cc3ccc(-n4c(-c5cc(C(C)C)c(O)cc5O)n[nH]c4=O)cc3)CC2)c1)B(O)O. The molecule has 6 rings (SSSR count). The molecular weight excluding hydrogens is 783 g/mol. The second-order valence-corrected chi connectivity index (χ2v) is 15.9. The van der Waals surface area contributed by atoms with Gasteiger partial charge in [0.15, 0.2) is 11.6 Å². The number of aromatic nitrogens is 4. The molecule has 1 saturated heterocycles. The van der Waals surface area contributed by atoms with E-state index in [0.717, 1.165) is 11.1 Å². The Morgan fingerprint density at radius 2 is 1.57 bits per heavy atom. The Labute approximate surface area is 353 Å². The third-order valence-electron chi connectivity index (χ3n) is 10.4. The number of aromatic hydroxyl groups is 2. The van der Waals surface area contributed by atoms with Gasteiger partial charge in [-0.15, -0.1) is 0 Å².